The van der Waals surface area contributed by atoms with Crippen molar-refractivity contribution in [3.63, 3.8) is 0 Å². The van der Waals surface area contributed by atoms with Crippen LogP contribution in [-0.4, -0.2) is 33.5 Å². The van der Waals surface area contributed by atoms with Crippen LogP contribution in [0.5, 0.6) is 0 Å². The predicted molar refractivity (Wildman–Crippen MR) is 109 cm³/mol. The number of benzene rings is 1. The molecule has 2 aromatic heterocycles. The lowest BCUT2D eigenvalue weighted by Gasteiger charge is -2.10. The zero-order valence-electron chi connectivity index (χ0n) is 15.9. The molecule has 0 bridgehead atoms. The second kappa shape index (κ2) is 8.12. The van der Waals surface area contributed by atoms with Gasteiger partial charge in [0.15, 0.2) is 4.83 Å². The third-order valence-corrected chi connectivity index (χ3v) is 5.99. The maximum Gasteiger partial charge on any atom is 0.338 e. The summed E-state index contributed by atoms with van der Waals surface area (Å²) < 4.78 is 6.03. The number of anilines is 1. The van der Waals surface area contributed by atoms with Crippen molar-refractivity contribution < 1.29 is 14.3 Å². The largest absolute Gasteiger partial charge is 0.462 e. The maximum atomic E-state index is 12.9. The standard InChI is InChI=1S/C20H20N4O4S/c1-2-28-20(27)12-7-9-13(10-8-12)21-16(25)11-24-19(26)17-14-5-3-4-6-15(14)29-18(17)22-23-24/h7-10H,2-6,11H2,1H3,(H,21,25). The number of rotatable bonds is 5. The molecular formula is C20H20N4O4S. The second-order valence-corrected chi connectivity index (χ2v) is 7.87. The number of hydrogen-bond donors (Lipinski definition) is 1. The van der Waals surface area contributed by atoms with Gasteiger partial charge in [-0.15, -0.1) is 16.4 Å². The van der Waals surface area contributed by atoms with Crippen molar-refractivity contribution in [1.82, 2.24) is 15.0 Å². The summed E-state index contributed by atoms with van der Waals surface area (Å²) in [5.41, 5.74) is 1.71. The minimum atomic E-state index is -0.417. The maximum absolute atomic E-state index is 12.9. The number of aromatic nitrogens is 3. The van der Waals surface area contributed by atoms with Crippen molar-refractivity contribution in [2.45, 2.75) is 39.2 Å². The Labute approximate surface area is 170 Å². The van der Waals surface area contributed by atoms with Crippen LogP contribution in [0.2, 0.25) is 0 Å². The van der Waals surface area contributed by atoms with Gasteiger partial charge in [-0.1, -0.05) is 5.21 Å². The van der Waals surface area contributed by atoms with E-state index in [4.69, 9.17) is 4.74 Å². The Balaban J connectivity index is 1.50. The van der Waals surface area contributed by atoms with E-state index in [1.165, 1.54) is 16.2 Å². The van der Waals surface area contributed by atoms with Crippen molar-refractivity contribution in [2.75, 3.05) is 11.9 Å². The third-order valence-electron chi connectivity index (χ3n) is 4.82. The molecule has 0 radical (unpaired) electrons. The molecule has 1 N–H and O–H groups in total. The van der Waals surface area contributed by atoms with E-state index in [9.17, 15) is 14.4 Å². The van der Waals surface area contributed by atoms with Gasteiger partial charge in [0.1, 0.15) is 6.54 Å². The molecule has 29 heavy (non-hydrogen) atoms. The molecule has 0 fully saturated rings. The summed E-state index contributed by atoms with van der Waals surface area (Å²) >= 11 is 1.53. The first-order chi connectivity index (χ1) is 14.1. The summed E-state index contributed by atoms with van der Waals surface area (Å²) in [6.45, 7) is 1.80. The third kappa shape index (κ3) is 3.91. The molecular weight excluding hydrogens is 392 g/mol. The highest BCUT2D eigenvalue weighted by molar-refractivity contribution is 7.18. The zero-order chi connectivity index (χ0) is 20.4. The molecule has 1 amide bonds. The van der Waals surface area contributed by atoms with E-state index >= 15 is 0 Å². The molecule has 8 nitrogen and oxygen atoms in total. The highest BCUT2D eigenvalue weighted by Crippen LogP contribution is 2.33. The van der Waals surface area contributed by atoms with Crippen LogP contribution in [0, 0.1) is 0 Å². The van der Waals surface area contributed by atoms with Gasteiger partial charge >= 0.3 is 5.97 Å². The number of aryl methyl sites for hydroxylation is 2. The number of ether oxygens (including phenoxy) is 1. The van der Waals surface area contributed by atoms with Crippen LogP contribution in [0.1, 0.15) is 40.6 Å². The van der Waals surface area contributed by atoms with Gasteiger partial charge in [-0.3, -0.25) is 9.59 Å². The van der Waals surface area contributed by atoms with Gasteiger partial charge in [0.05, 0.1) is 17.6 Å². The van der Waals surface area contributed by atoms with Crippen LogP contribution >= 0.6 is 11.3 Å². The van der Waals surface area contributed by atoms with E-state index in [0.29, 0.717) is 28.1 Å². The first kappa shape index (κ1) is 19.3. The fourth-order valence-electron chi connectivity index (χ4n) is 3.45. The molecule has 0 atom stereocenters. The molecule has 1 aromatic carbocycles. The van der Waals surface area contributed by atoms with Crippen molar-refractivity contribution in [3.05, 3.63) is 50.6 Å². The molecule has 9 heteroatoms. The lowest BCUT2D eigenvalue weighted by atomic mass is 9.97. The minimum Gasteiger partial charge on any atom is -0.462 e. The van der Waals surface area contributed by atoms with E-state index in [-0.39, 0.29) is 12.1 Å². The van der Waals surface area contributed by atoms with Crippen LogP contribution in [0.15, 0.2) is 29.1 Å². The summed E-state index contributed by atoms with van der Waals surface area (Å²) in [4.78, 5) is 38.8. The van der Waals surface area contributed by atoms with E-state index in [1.54, 1.807) is 31.2 Å². The van der Waals surface area contributed by atoms with Gasteiger partial charge in [0.2, 0.25) is 5.91 Å². The van der Waals surface area contributed by atoms with Gasteiger partial charge in [-0.05, 0) is 62.4 Å². The fraction of sp³-hybridized carbons (Fsp3) is 0.350. The van der Waals surface area contributed by atoms with Crippen molar-refractivity contribution in [2.24, 2.45) is 0 Å². The lowest BCUT2D eigenvalue weighted by molar-refractivity contribution is -0.117. The van der Waals surface area contributed by atoms with Gasteiger partial charge in [-0.25, -0.2) is 9.48 Å². The Morgan fingerprint density at radius 3 is 2.72 bits per heavy atom. The fourth-order valence-corrected chi connectivity index (χ4v) is 4.65. The van der Waals surface area contributed by atoms with Crippen molar-refractivity contribution >= 4 is 39.1 Å². The van der Waals surface area contributed by atoms with Crippen LogP contribution in [0.4, 0.5) is 5.69 Å². The summed E-state index contributed by atoms with van der Waals surface area (Å²) in [5.74, 6) is -0.812. The highest BCUT2D eigenvalue weighted by Gasteiger charge is 2.21. The number of amides is 1. The number of fused-ring (bicyclic) bond motifs is 3. The Morgan fingerprint density at radius 1 is 1.21 bits per heavy atom. The molecule has 1 aliphatic carbocycles. The Bertz CT molecular complexity index is 1130. The first-order valence-corrected chi connectivity index (χ1v) is 10.3. The molecule has 2 heterocycles. The van der Waals surface area contributed by atoms with Crippen LogP contribution in [0.3, 0.4) is 0 Å². The normalized spacial score (nSPS) is 13.1. The van der Waals surface area contributed by atoms with E-state index in [1.807, 2.05) is 0 Å². The summed E-state index contributed by atoms with van der Waals surface area (Å²) in [6.07, 6.45) is 4.02. The minimum absolute atomic E-state index is 0.230. The smallest absolute Gasteiger partial charge is 0.338 e. The van der Waals surface area contributed by atoms with E-state index in [2.05, 4.69) is 15.6 Å². The molecule has 1 aliphatic rings. The number of esters is 1. The number of nitrogens with one attached hydrogen (secondary N) is 1. The molecule has 0 saturated carbocycles. The molecule has 0 spiro atoms. The SMILES string of the molecule is CCOC(=O)c1ccc(NC(=O)Cn2nnc3sc4c(c3c2=O)CCCC4)cc1. The van der Waals surface area contributed by atoms with Crippen molar-refractivity contribution in [3.8, 4) is 0 Å². The van der Waals surface area contributed by atoms with Crippen LogP contribution in [0.25, 0.3) is 10.2 Å². The van der Waals surface area contributed by atoms with Crippen LogP contribution < -0.4 is 10.9 Å². The average Bonchev–Trinajstić information content (AvgIpc) is 3.10. The molecule has 150 valence electrons. The molecule has 3 aromatic rings. The quantitative estimate of drug-likeness (QED) is 0.646. The summed E-state index contributed by atoms with van der Waals surface area (Å²) in [5, 5.41) is 11.4. The lowest BCUT2D eigenvalue weighted by Crippen LogP contribution is -2.30. The van der Waals surface area contributed by atoms with Gasteiger partial charge in [-0.2, -0.15) is 0 Å². The Morgan fingerprint density at radius 2 is 1.97 bits per heavy atom. The number of hydrogen-bond acceptors (Lipinski definition) is 7. The van der Waals surface area contributed by atoms with Gasteiger partial charge < -0.3 is 10.1 Å². The topological polar surface area (TPSA) is 103 Å². The highest BCUT2D eigenvalue weighted by atomic mass is 32.1. The molecule has 0 unspecified atom stereocenters. The summed E-state index contributed by atoms with van der Waals surface area (Å²) in [7, 11) is 0. The number of carbonyl (C=O) groups excluding carboxylic acids is 2. The predicted octanol–water partition coefficient (Wildman–Crippen LogP) is 2.55. The van der Waals surface area contributed by atoms with Gasteiger partial charge in [0.25, 0.3) is 5.56 Å². The van der Waals surface area contributed by atoms with E-state index < -0.39 is 11.9 Å². The molecule has 0 aliphatic heterocycles. The number of carbonyl (C=O) groups is 2. The zero-order valence-corrected chi connectivity index (χ0v) is 16.8. The number of nitrogens with zero attached hydrogens (tertiary/aromatic N) is 3. The average molecular weight is 412 g/mol. The Kier molecular flexibility index (Phi) is 5.39. The summed E-state index contributed by atoms with van der Waals surface area (Å²) in [6, 6.07) is 6.36. The monoisotopic (exact) mass is 412 g/mol. The van der Waals surface area contributed by atoms with Crippen LogP contribution in [-0.2, 0) is 28.9 Å². The van der Waals surface area contributed by atoms with Gasteiger partial charge in [0, 0.05) is 10.6 Å². The first-order valence-electron chi connectivity index (χ1n) is 9.52. The Hall–Kier alpha value is -3.07. The van der Waals surface area contributed by atoms with Crippen molar-refractivity contribution in [1.29, 1.82) is 0 Å². The molecule has 0 saturated heterocycles. The molecule has 4 rings (SSSR count). The van der Waals surface area contributed by atoms with E-state index in [0.717, 1.165) is 35.9 Å². The number of thiophene rings is 1. The second-order valence-electron chi connectivity index (χ2n) is 6.79.